The van der Waals surface area contributed by atoms with Gasteiger partial charge in [-0.2, -0.15) is 5.26 Å². The van der Waals surface area contributed by atoms with E-state index in [0.29, 0.717) is 24.2 Å². The lowest BCUT2D eigenvalue weighted by Gasteiger charge is -2.34. The Morgan fingerprint density at radius 2 is 2.00 bits per heavy atom. The largest absolute Gasteiger partial charge is 0.468 e. The van der Waals surface area contributed by atoms with Gasteiger partial charge in [0.2, 0.25) is 5.91 Å². The Labute approximate surface area is 152 Å². The van der Waals surface area contributed by atoms with Crippen molar-refractivity contribution in [3.8, 4) is 6.07 Å². The van der Waals surface area contributed by atoms with Crippen molar-refractivity contribution in [2.24, 2.45) is 0 Å². The quantitative estimate of drug-likeness (QED) is 0.855. The number of hydrogen-bond donors (Lipinski definition) is 1. The Morgan fingerprint density at radius 3 is 2.73 bits per heavy atom. The third kappa shape index (κ3) is 3.90. The number of amides is 1. The lowest BCUT2D eigenvalue weighted by Crippen LogP contribution is -2.49. The van der Waals surface area contributed by atoms with Gasteiger partial charge in [0.1, 0.15) is 6.04 Å². The number of esters is 1. The van der Waals surface area contributed by atoms with E-state index in [-0.39, 0.29) is 18.4 Å². The van der Waals surface area contributed by atoms with E-state index in [2.05, 4.69) is 5.32 Å². The smallest absolute Gasteiger partial charge is 0.323 e. The number of anilines is 1. The normalized spacial score (nSPS) is 16.2. The molecule has 0 aliphatic carbocycles. The third-order valence-electron chi connectivity index (χ3n) is 4.44. The Morgan fingerprint density at radius 1 is 1.23 bits per heavy atom. The Bertz CT molecular complexity index is 873. The minimum Gasteiger partial charge on any atom is -0.468 e. The van der Waals surface area contributed by atoms with Gasteiger partial charge in [0.05, 0.1) is 25.3 Å². The fraction of sp³-hybridized carbons (Fsp3) is 0.250. The Hall–Kier alpha value is -3.17. The van der Waals surface area contributed by atoms with Crippen molar-refractivity contribution < 1.29 is 14.3 Å². The first kappa shape index (κ1) is 17.6. The minimum atomic E-state index is -0.494. The van der Waals surface area contributed by atoms with Crippen LogP contribution in [0.4, 0.5) is 5.69 Å². The molecule has 26 heavy (non-hydrogen) atoms. The summed E-state index contributed by atoms with van der Waals surface area (Å²) < 4.78 is 4.92. The molecule has 0 spiro atoms. The molecule has 1 heterocycles. The average Bonchev–Trinajstić information content (AvgIpc) is 2.66. The van der Waals surface area contributed by atoms with E-state index in [0.717, 1.165) is 11.1 Å². The van der Waals surface area contributed by atoms with Crippen LogP contribution in [0.5, 0.6) is 0 Å². The van der Waals surface area contributed by atoms with E-state index >= 15 is 0 Å². The van der Waals surface area contributed by atoms with Gasteiger partial charge < -0.3 is 10.1 Å². The van der Waals surface area contributed by atoms with Crippen molar-refractivity contribution in [1.82, 2.24) is 4.90 Å². The first-order chi connectivity index (χ1) is 12.6. The van der Waals surface area contributed by atoms with Gasteiger partial charge in [0, 0.05) is 12.2 Å². The number of fused-ring (bicyclic) bond motifs is 1. The SMILES string of the molecule is COC(=O)[C@H]1Cc2ccccc2CN1CC(=O)Nc1cccc(C#N)c1. The van der Waals surface area contributed by atoms with Crippen LogP contribution in [-0.2, 0) is 27.3 Å². The highest BCUT2D eigenvalue weighted by molar-refractivity contribution is 5.93. The molecule has 6 heteroatoms. The fourth-order valence-corrected chi connectivity index (χ4v) is 3.16. The van der Waals surface area contributed by atoms with E-state index in [1.165, 1.54) is 7.11 Å². The molecule has 6 nitrogen and oxygen atoms in total. The van der Waals surface area contributed by atoms with Gasteiger partial charge in [-0.1, -0.05) is 30.3 Å². The summed E-state index contributed by atoms with van der Waals surface area (Å²) in [6, 6.07) is 16.2. The molecule has 2 aromatic rings. The predicted octanol–water partition coefficient (Wildman–Crippen LogP) is 2.10. The summed E-state index contributed by atoms with van der Waals surface area (Å²) in [5.41, 5.74) is 3.23. The Balaban J connectivity index is 1.74. The van der Waals surface area contributed by atoms with Crippen LogP contribution < -0.4 is 5.32 Å². The summed E-state index contributed by atoms with van der Waals surface area (Å²) in [5, 5.41) is 11.7. The first-order valence-electron chi connectivity index (χ1n) is 8.29. The topological polar surface area (TPSA) is 82.4 Å². The highest BCUT2D eigenvalue weighted by Crippen LogP contribution is 2.24. The minimum absolute atomic E-state index is 0.0604. The summed E-state index contributed by atoms with van der Waals surface area (Å²) in [5.74, 6) is -0.591. The van der Waals surface area contributed by atoms with Gasteiger partial charge >= 0.3 is 5.97 Å². The molecule has 1 amide bonds. The van der Waals surface area contributed by atoms with Crippen LogP contribution in [0.3, 0.4) is 0 Å². The number of hydrogen-bond acceptors (Lipinski definition) is 5. The number of nitrogens with zero attached hydrogens (tertiary/aromatic N) is 2. The number of rotatable bonds is 4. The lowest BCUT2D eigenvalue weighted by atomic mass is 9.94. The van der Waals surface area contributed by atoms with E-state index in [9.17, 15) is 9.59 Å². The molecule has 0 aromatic heterocycles. The molecule has 1 aliphatic heterocycles. The van der Waals surface area contributed by atoms with Crippen molar-refractivity contribution in [2.75, 3.05) is 19.0 Å². The maximum Gasteiger partial charge on any atom is 0.323 e. The molecule has 2 aromatic carbocycles. The molecule has 0 bridgehead atoms. The summed E-state index contributed by atoms with van der Waals surface area (Å²) in [6.45, 7) is 0.562. The summed E-state index contributed by atoms with van der Waals surface area (Å²) in [4.78, 5) is 26.5. The maximum atomic E-state index is 12.5. The van der Waals surface area contributed by atoms with Gasteiger partial charge in [-0.25, -0.2) is 0 Å². The summed E-state index contributed by atoms with van der Waals surface area (Å²) in [7, 11) is 1.36. The number of benzene rings is 2. The first-order valence-corrected chi connectivity index (χ1v) is 8.29. The van der Waals surface area contributed by atoms with Crippen LogP contribution in [0.1, 0.15) is 16.7 Å². The van der Waals surface area contributed by atoms with Crippen LogP contribution in [0, 0.1) is 11.3 Å². The van der Waals surface area contributed by atoms with E-state index in [1.807, 2.05) is 35.2 Å². The van der Waals surface area contributed by atoms with Crippen LogP contribution in [0.25, 0.3) is 0 Å². The Kier molecular flexibility index (Phi) is 5.30. The zero-order chi connectivity index (χ0) is 18.5. The van der Waals surface area contributed by atoms with Gasteiger partial charge in [-0.15, -0.1) is 0 Å². The number of nitriles is 1. The third-order valence-corrected chi connectivity index (χ3v) is 4.44. The van der Waals surface area contributed by atoms with Crippen LogP contribution in [0.15, 0.2) is 48.5 Å². The fourth-order valence-electron chi connectivity index (χ4n) is 3.16. The zero-order valence-corrected chi connectivity index (χ0v) is 14.4. The molecule has 1 aliphatic rings. The summed E-state index contributed by atoms with van der Waals surface area (Å²) in [6.07, 6.45) is 0.514. The lowest BCUT2D eigenvalue weighted by molar-refractivity contribution is -0.148. The standard InChI is InChI=1S/C20H19N3O3/c1-26-20(25)18-10-15-6-2-3-7-16(15)12-23(18)13-19(24)22-17-8-4-5-14(9-17)11-21/h2-9,18H,10,12-13H2,1H3,(H,22,24)/t18-/m1/s1. The highest BCUT2D eigenvalue weighted by Gasteiger charge is 2.33. The molecule has 3 rings (SSSR count). The van der Waals surface area contributed by atoms with Crippen molar-refractivity contribution >= 4 is 17.6 Å². The van der Waals surface area contributed by atoms with Crippen molar-refractivity contribution in [3.05, 3.63) is 65.2 Å². The van der Waals surface area contributed by atoms with E-state index < -0.39 is 6.04 Å². The number of carbonyl (C=O) groups is 2. The molecule has 0 saturated heterocycles. The monoisotopic (exact) mass is 349 g/mol. The molecule has 132 valence electrons. The van der Waals surface area contributed by atoms with Gasteiger partial charge in [0.15, 0.2) is 0 Å². The van der Waals surface area contributed by atoms with E-state index in [1.54, 1.807) is 24.3 Å². The number of ether oxygens (including phenoxy) is 1. The second kappa shape index (κ2) is 7.81. The zero-order valence-electron chi connectivity index (χ0n) is 14.4. The van der Waals surface area contributed by atoms with Gasteiger partial charge in [-0.05, 0) is 35.7 Å². The molecule has 0 unspecified atom stereocenters. The van der Waals surface area contributed by atoms with Gasteiger partial charge in [0.25, 0.3) is 0 Å². The van der Waals surface area contributed by atoms with Crippen LogP contribution in [-0.4, -0.2) is 36.5 Å². The molecule has 1 atom stereocenters. The molecule has 1 N–H and O–H groups in total. The maximum absolute atomic E-state index is 12.5. The van der Waals surface area contributed by atoms with E-state index in [4.69, 9.17) is 10.00 Å². The number of nitrogens with one attached hydrogen (secondary N) is 1. The molecule has 0 fully saturated rings. The summed E-state index contributed by atoms with van der Waals surface area (Å²) >= 11 is 0. The number of carbonyl (C=O) groups excluding carboxylic acids is 2. The predicted molar refractivity (Wildman–Crippen MR) is 96.1 cm³/mol. The highest BCUT2D eigenvalue weighted by atomic mass is 16.5. The molecular weight excluding hydrogens is 330 g/mol. The van der Waals surface area contributed by atoms with Gasteiger partial charge in [-0.3, -0.25) is 14.5 Å². The van der Waals surface area contributed by atoms with Crippen LogP contribution in [0.2, 0.25) is 0 Å². The van der Waals surface area contributed by atoms with Crippen molar-refractivity contribution in [2.45, 2.75) is 19.0 Å². The van der Waals surface area contributed by atoms with Crippen molar-refractivity contribution in [1.29, 1.82) is 5.26 Å². The second-order valence-corrected chi connectivity index (χ2v) is 6.16. The average molecular weight is 349 g/mol. The molecule has 0 saturated carbocycles. The van der Waals surface area contributed by atoms with Crippen LogP contribution >= 0.6 is 0 Å². The van der Waals surface area contributed by atoms with Crippen molar-refractivity contribution in [3.63, 3.8) is 0 Å². The number of methoxy groups -OCH3 is 1. The second-order valence-electron chi connectivity index (χ2n) is 6.16. The molecular formula is C20H19N3O3. The molecule has 0 radical (unpaired) electrons.